The average Bonchev–Trinajstić information content (AvgIpc) is 2.68. The minimum Gasteiger partial charge on any atom is -0.207 e. The second-order valence-corrected chi connectivity index (χ2v) is 8.30. The second-order valence-electron chi connectivity index (χ2n) is 6.15. The molecule has 0 radical (unpaired) electrons. The van der Waals surface area contributed by atoms with Crippen molar-refractivity contribution in [3.63, 3.8) is 0 Å². The van der Waals surface area contributed by atoms with Gasteiger partial charge in [0, 0.05) is 14.1 Å². The second kappa shape index (κ2) is 7.68. The number of nitrogens with zero attached hydrogens (tertiary/aromatic N) is 1. The molecule has 0 atom stereocenters. The van der Waals surface area contributed by atoms with E-state index in [9.17, 15) is 8.42 Å². The highest BCUT2D eigenvalue weighted by Crippen LogP contribution is 2.26. The van der Waals surface area contributed by atoms with Crippen molar-refractivity contribution in [1.82, 2.24) is 4.31 Å². The third-order valence-electron chi connectivity index (χ3n) is 4.14. The fraction of sp³-hybridized carbons (Fsp3) is 0.0909. The first-order valence-electron chi connectivity index (χ1n) is 8.33. The van der Waals surface area contributed by atoms with Crippen molar-refractivity contribution in [3.8, 4) is 0 Å². The van der Waals surface area contributed by atoms with E-state index in [0.29, 0.717) is 4.90 Å². The summed E-state index contributed by atoms with van der Waals surface area (Å²) >= 11 is 0. The highest BCUT2D eigenvalue weighted by molar-refractivity contribution is 7.89. The smallest absolute Gasteiger partial charge is 0.207 e. The van der Waals surface area contributed by atoms with E-state index in [0.717, 1.165) is 22.3 Å². The van der Waals surface area contributed by atoms with E-state index in [1.807, 2.05) is 48.5 Å². The molecule has 0 heterocycles. The summed E-state index contributed by atoms with van der Waals surface area (Å²) in [5.74, 6) is 0. The largest absolute Gasteiger partial charge is 0.242 e. The van der Waals surface area contributed by atoms with Gasteiger partial charge in [0.25, 0.3) is 0 Å². The molecule has 3 aromatic carbocycles. The van der Waals surface area contributed by atoms with Crippen LogP contribution in [0.1, 0.15) is 16.7 Å². The lowest BCUT2D eigenvalue weighted by Gasteiger charge is -2.12. The van der Waals surface area contributed by atoms with Gasteiger partial charge in [0.1, 0.15) is 0 Å². The summed E-state index contributed by atoms with van der Waals surface area (Å²) < 4.78 is 25.7. The lowest BCUT2D eigenvalue weighted by atomic mass is 9.96. The van der Waals surface area contributed by atoms with Crippen LogP contribution in [0.25, 0.3) is 11.6 Å². The van der Waals surface area contributed by atoms with Gasteiger partial charge >= 0.3 is 0 Å². The summed E-state index contributed by atoms with van der Waals surface area (Å²) in [7, 11) is -0.346. The predicted molar refractivity (Wildman–Crippen MR) is 107 cm³/mol. The minimum absolute atomic E-state index is 0.292. The maximum atomic E-state index is 12.2. The summed E-state index contributed by atoms with van der Waals surface area (Å²) in [6, 6.07) is 27.3. The zero-order chi connectivity index (χ0) is 18.6. The standard InChI is InChI=1S/C22H21NO2S/c1-23(2)26(24,25)21-15-13-18(14-16-21)17-22(19-9-5-3-6-10-19)20-11-7-4-8-12-20/h3-17H,1-2H3. The normalized spacial score (nSPS) is 11.3. The Labute approximate surface area is 155 Å². The monoisotopic (exact) mass is 363 g/mol. The molecule has 26 heavy (non-hydrogen) atoms. The van der Waals surface area contributed by atoms with Gasteiger partial charge in [0.15, 0.2) is 0 Å². The number of hydrogen-bond acceptors (Lipinski definition) is 2. The van der Waals surface area contributed by atoms with Crippen LogP contribution in [0.4, 0.5) is 0 Å². The maximum Gasteiger partial charge on any atom is 0.242 e. The van der Waals surface area contributed by atoms with E-state index in [2.05, 4.69) is 30.3 Å². The molecule has 0 spiro atoms. The predicted octanol–water partition coefficient (Wildman–Crippen LogP) is 4.53. The van der Waals surface area contributed by atoms with Crippen LogP contribution in [-0.4, -0.2) is 26.8 Å². The Morgan fingerprint density at radius 2 is 1.19 bits per heavy atom. The van der Waals surface area contributed by atoms with Gasteiger partial charge in [-0.3, -0.25) is 0 Å². The molecule has 132 valence electrons. The van der Waals surface area contributed by atoms with Crippen LogP contribution in [-0.2, 0) is 10.0 Å². The zero-order valence-electron chi connectivity index (χ0n) is 14.8. The number of rotatable bonds is 5. The zero-order valence-corrected chi connectivity index (χ0v) is 15.6. The molecule has 0 saturated carbocycles. The lowest BCUT2D eigenvalue weighted by Crippen LogP contribution is -2.22. The average molecular weight is 363 g/mol. The van der Waals surface area contributed by atoms with Crippen LogP contribution >= 0.6 is 0 Å². The first-order valence-corrected chi connectivity index (χ1v) is 9.77. The number of benzene rings is 3. The molecule has 0 saturated heterocycles. The Kier molecular flexibility index (Phi) is 5.35. The van der Waals surface area contributed by atoms with Crippen molar-refractivity contribution in [2.75, 3.05) is 14.1 Å². The Morgan fingerprint density at radius 1 is 0.731 bits per heavy atom. The van der Waals surface area contributed by atoms with Crippen LogP contribution < -0.4 is 0 Å². The number of sulfonamides is 1. The molecule has 0 unspecified atom stereocenters. The number of hydrogen-bond donors (Lipinski definition) is 0. The SMILES string of the molecule is CN(C)S(=O)(=O)c1ccc(C=C(c2ccccc2)c2ccccc2)cc1. The fourth-order valence-electron chi connectivity index (χ4n) is 2.68. The van der Waals surface area contributed by atoms with Crippen molar-refractivity contribution in [3.05, 3.63) is 102 Å². The summed E-state index contributed by atoms with van der Waals surface area (Å²) in [4.78, 5) is 0.292. The van der Waals surface area contributed by atoms with Gasteiger partial charge in [0.05, 0.1) is 4.90 Å². The van der Waals surface area contributed by atoms with E-state index >= 15 is 0 Å². The summed E-state index contributed by atoms with van der Waals surface area (Å²) in [5, 5.41) is 0. The van der Waals surface area contributed by atoms with E-state index in [1.54, 1.807) is 12.1 Å². The van der Waals surface area contributed by atoms with E-state index in [4.69, 9.17) is 0 Å². The summed E-state index contributed by atoms with van der Waals surface area (Å²) in [6.45, 7) is 0. The molecule has 0 N–H and O–H groups in total. The minimum atomic E-state index is -3.41. The van der Waals surface area contributed by atoms with Crippen molar-refractivity contribution in [2.24, 2.45) is 0 Å². The van der Waals surface area contributed by atoms with Crippen molar-refractivity contribution in [2.45, 2.75) is 4.90 Å². The van der Waals surface area contributed by atoms with Gasteiger partial charge in [0.2, 0.25) is 10.0 Å². The molecule has 0 fully saturated rings. The highest BCUT2D eigenvalue weighted by atomic mass is 32.2. The molecular formula is C22H21NO2S. The quantitative estimate of drug-likeness (QED) is 0.625. The van der Waals surface area contributed by atoms with Gasteiger partial charge in [-0.1, -0.05) is 72.8 Å². The third kappa shape index (κ3) is 3.93. The first kappa shape index (κ1) is 18.1. The molecule has 0 bridgehead atoms. The molecular weight excluding hydrogens is 342 g/mol. The van der Waals surface area contributed by atoms with Gasteiger partial charge in [-0.05, 0) is 40.5 Å². The topological polar surface area (TPSA) is 37.4 Å². The van der Waals surface area contributed by atoms with Gasteiger partial charge in [-0.15, -0.1) is 0 Å². The molecule has 3 aromatic rings. The first-order chi connectivity index (χ1) is 12.5. The summed E-state index contributed by atoms with van der Waals surface area (Å²) in [6.07, 6.45) is 2.08. The van der Waals surface area contributed by atoms with Crippen LogP contribution in [0, 0.1) is 0 Å². The van der Waals surface area contributed by atoms with Crippen LogP contribution in [0.15, 0.2) is 89.8 Å². The molecule has 0 amide bonds. The van der Waals surface area contributed by atoms with Crippen molar-refractivity contribution in [1.29, 1.82) is 0 Å². The summed E-state index contributed by atoms with van der Waals surface area (Å²) in [5.41, 5.74) is 4.27. The molecule has 3 rings (SSSR count). The molecule has 3 nitrogen and oxygen atoms in total. The van der Waals surface area contributed by atoms with Crippen molar-refractivity contribution >= 4 is 21.7 Å². The highest BCUT2D eigenvalue weighted by Gasteiger charge is 2.16. The molecule has 0 aliphatic carbocycles. The maximum absolute atomic E-state index is 12.2. The Balaban J connectivity index is 2.04. The van der Waals surface area contributed by atoms with E-state index < -0.39 is 10.0 Å². The molecule has 0 aliphatic rings. The van der Waals surface area contributed by atoms with Crippen LogP contribution in [0.3, 0.4) is 0 Å². The van der Waals surface area contributed by atoms with E-state index in [-0.39, 0.29) is 0 Å². The Morgan fingerprint density at radius 3 is 1.62 bits per heavy atom. The fourth-order valence-corrected chi connectivity index (χ4v) is 3.58. The molecule has 0 aromatic heterocycles. The van der Waals surface area contributed by atoms with Crippen LogP contribution in [0.5, 0.6) is 0 Å². The van der Waals surface area contributed by atoms with Gasteiger partial charge in [-0.25, -0.2) is 12.7 Å². The molecule has 0 aliphatic heterocycles. The molecule has 4 heteroatoms. The Hall–Kier alpha value is -2.69. The van der Waals surface area contributed by atoms with Crippen LogP contribution in [0.2, 0.25) is 0 Å². The third-order valence-corrected chi connectivity index (χ3v) is 5.97. The lowest BCUT2D eigenvalue weighted by molar-refractivity contribution is 0.521. The Bertz CT molecular complexity index is 950. The van der Waals surface area contributed by atoms with Gasteiger partial charge in [-0.2, -0.15) is 0 Å². The van der Waals surface area contributed by atoms with E-state index in [1.165, 1.54) is 18.4 Å². The van der Waals surface area contributed by atoms with Crippen molar-refractivity contribution < 1.29 is 8.42 Å². The van der Waals surface area contributed by atoms with Gasteiger partial charge < -0.3 is 0 Å².